The van der Waals surface area contributed by atoms with Crippen molar-refractivity contribution in [1.29, 1.82) is 0 Å². The van der Waals surface area contributed by atoms with Gasteiger partial charge in [0.2, 0.25) is 0 Å². The van der Waals surface area contributed by atoms with Gasteiger partial charge < -0.3 is 40.4 Å². The normalized spacial score (nSPS) is 15.6. The molecule has 0 aromatic heterocycles. The van der Waals surface area contributed by atoms with E-state index in [0.29, 0.717) is 0 Å². The second kappa shape index (κ2) is 10.1. The molecule has 0 heterocycles. The summed E-state index contributed by atoms with van der Waals surface area (Å²) in [6.07, 6.45) is -3.60. The first-order valence-corrected chi connectivity index (χ1v) is 9.21. The Kier molecular flexibility index (Phi) is 9.07. The molecule has 0 saturated carbocycles. The van der Waals surface area contributed by atoms with Crippen LogP contribution in [0.4, 0.5) is 0 Å². The van der Waals surface area contributed by atoms with Crippen LogP contribution in [0.15, 0.2) is 0 Å². The van der Waals surface area contributed by atoms with Crippen LogP contribution in [0.3, 0.4) is 0 Å². The van der Waals surface area contributed by atoms with Gasteiger partial charge >= 0.3 is 43.4 Å². The Labute approximate surface area is 166 Å². The maximum Gasteiger partial charge on any atom is 0.343 e. The Morgan fingerprint density at radius 1 is 0.767 bits per heavy atom. The summed E-state index contributed by atoms with van der Waals surface area (Å²) in [6.45, 7) is -2.83. The Balaban J connectivity index is 7.12. The molecule has 170 valence electrons. The monoisotopic (exact) mass is 459 g/mol. The first kappa shape index (κ1) is 26.9. The van der Waals surface area contributed by atoms with E-state index in [0.717, 1.165) is 0 Å². The molecule has 3 atom stereocenters. The van der Waals surface area contributed by atoms with Crippen molar-refractivity contribution in [3.63, 3.8) is 0 Å². The van der Waals surface area contributed by atoms with E-state index in [9.17, 15) is 53.3 Å². The summed E-state index contributed by atoms with van der Waals surface area (Å²) < 4.78 is 12.1. The molecule has 0 aliphatic carbocycles. The quantitative estimate of drug-likeness (QED) is 0.124. The number of hydrogen-bond acceptors (Lipinski definition) is 8. The highest BCUT2D eigenvalue weighted by molar-refractivity contribution is 7.54. The zero-order valence-corrected chi connectivity index (χ0v) is 15.7. The first-order valence-electron chi connectivity index (χ1n) is 7.60. The van der Waals surface area contributed by atoms with Gasteiger partial charge in [-0.1, -0.05) is 0 Å². The van der Waals surface area contributed by atoms with E-state index in [-0.39, 0.29) is 4.90 Å². The van der Waals surface area contributed by atoms with Crippen molar-refractivity contribution in [2.24, 2.45) is 5.92 Å². The van der Waals surface area contributed by atoms with Gasteiger partial charge in [-0.15, -0.1) is 0 Å². The summed E-state index contributed by atoms with van der Waals surface area (Å²) in [5.41, 5.74) is 0. The molecule has 0 aromatic rings. The molecular weight excluding hydrogens is 441 g/mol. The van der Waals surface area contributed by atoms with Gasteiger partial charge in [0.05, 0.1) is 25.9 Å². The van der Waals surface area contributed by atoms with Crippen LogP contribution < -0.4 is 0 Å². The van der Waals surface area contributed by atoms with Gasteiger partial charge in [0, 0.05) is 5.92 Å². The largest absolute Gasteiger partial charge is 0.481 e. The fraction of sp³-hybridized carbons (Fsp3) is 0.538. The molecule has 0 aliphatic heterocycles. The lowest BCUT2D eigenvalue weighted by molar-refractivity contribution is -0.158. The molecule has 0 amide bonds. The molecule has 0 fully saturated rings. The van der Waals surface area contributed by atoms with E-state index in [1.807, 2.05) is 0 Å². The topological polar surface area (TPSA) is 285 Å². The third-order valence-corrected chi connectivity index (χ3v) is 5.74. The summed E-state index contributed by atoms with van der Waals surface area (Å²) in [6, 6.07) is -2.73. The van der Waals surface area contributed by atoms with Gasteiger partial charge in [0.15, 0.2) is 5.16 Å². The standard InChI is InChI=1S/C13H18NO15P/c15-6(16)1-5(13(12(25)26,2-7(17)18)30(27,28)29)10(11(23)24)14(3-8(19)20)4-9(21)22/h5,10H,1-4H2,(H,15,16)(H,17,18)(H,19,20)(H,21,22)(H,23,24)(H,25,26)(H2,27,28,29). The number of aliphatic carboxylic acids is 6. The number of carboxylic acids is 6. The van der Waals surface area contributed by atoms with Crippen LogP contribution in [-0.2, 0) is 33.3 Å². The lowest BCUT2D eigenvalue weighted by Crippen LogP contribution is -2.60. The molecule has 0 spiro atoms. The smallest absolute Gasteiger partial charge is 0.343 e. The molecule has 30 heavy (non-hydrogen) atoms. The Morgan fingerprint density at radius 2 is 1.20 bits per heavy atom. The van der Waals surface area contributed by atoms with E-state index >= 15 is 0 Å². The lowest BCUT2D eigenvalue weighted by atomic mass is 9.79. The molecule has 0 aromatic carbocycles. The van der Waals surface area contributed by atoms with Gasteiger partial charge in [-0.3, -0.25) is 38.2 Å². The third-order valence-electron chi connectivity index (χ3n) is 4.02. The molecule has 0 saturated heterocycles. The predicted octanol–water partition coefficient (Wildman–Crippen LogP) is -2.52. The van der Waals surface area contributed by atoms with Crippen LogP contribution in [0.25, 0.3) is 0 Å². The molecule has 3 unspecified atom stereocenters. The van der Waals surface area contributed by atoms with Crippen LogP contribution in [0, 0.1) is 5.92 Å². The number of nitrogens with zero attached hydrogens (tertiary/aromatic N) is 1. The fourth-order valence-electron chi connectivity index (χ4n) is 2.95. The van der Waals surface area contributed by atoms with Crippen LogP contribution >= 0.6 is 7.60 Å². The average molecular weight is 459 g/mol. The molecule has 0 bridgehead atoms. The van der Waals surface area contributed by atoms with E-state index in [2.05, 4.69) is 0 Å². The van der Waals surface area contributed by atoms with Crippen molar-refractivity contribution >= 4 is 43.4 Å². The van der Waals surface area contributed by atoms with Crippen molar-refractivity contribution < 1.29 is 73.8 Å². The molecule has 0 radical (unpaired) electrons. The minimum Gasteiger partial charge on any atom is -0.481 e. The maximum atomic E-state index is 12.1. The van der Waals surface area contributed by atoms with E-state index in [1.54, 1.807) is 0 Å². The molecular formula is C13H18NO15P. The molecule has 8 N–H and O–H groups in total. The van der Waals surface area contributed by atoms with Crippen molar-refractivity contribution in [3.05, 3.63) is 0 Å². The van der Waals surface area contributed by atoms with Gasteiger partial charge in [-0.2, -0.15) is 0 Å². The minimum absolute atomic E-state index is 0.0514. The Hall–Kier alpha value is -3.07. The van der Waals surface area contributed by atoms with Crippen molar-refractivity contribution in [2.75, 3.05) is 13.1 Å². The highest BCUT2D eigenvalue weighted by atomic mass is 31.2. The summed E-state index contributed by atoms with van der Waals surface area (Å²) >= 11 is 0. The Morgan fingerprint density at radius 3 is 1.43 bits per heavy atom. The summed E-state index contributed by atoms with van der Waals surface area (Å²) in [4.78, 5) is 87.4. The zero-order valence-electron chi connectivity index (χ0n) is 14.8. The Bertz CT molecular complexity index is 771. The maximum absolute atomic E-state index is 12.1. The highest BCUT2D eigenvalue weighted by Gasteiger charge is 2.64. The minimum atomic E-state index is -6.16. The van der Waals surface area contributed by atoms with Crippen LogP contribution in [0.2, 0.25) is 0 Å². The number of carboxylic acid groups (broad SMARTS) is 6. The van der Waals surface area contributed by atoms with E-state index < -0.39 is 86.5 Å². The van der Waals surface area contributed by atoms with Gasteiger partial charge in [-0.25, -0.2) is 0 Å². The fourth-order valence-corrected chi connectivity index (χ4v) is 4.21. The second-order valence-electron chi connectivity index (χ2n) is 6.02. The van der Waals surface area contributed by atoms with E-state index in [4.69, 9.17) is 20.4 Å². The van der Waals surface area contributed by atoms with Gasteiger partial charge in [0.1, 0.15) is 6.04 Å². The van der Waals surface area contributed by atoms with Gasteiger partial charge in [0.25, 0.3) is 0 Å². The lowest BCUT2D eigenvalue weighted by Gasteiger charge is -2.41. The number of carbonyl (C=O) groups is 6. The van der Waals surface area contributed by atoms with Crippen molar-refractivity contribution in [1.82, 2.24) is 4.90 Å². The SMILES string of the molecule is O=C(O)CC(C(C(=O)O)N(CC(=O)O)CC(=O)O)C(CC(=O)O)(C(=O)O)P(=O)(O)O. The highest BCUT2D eigenvalue weighted by Crippen LogP contribution is 2.59. The summed E-state index contributed by atoms with van der Waals surface area (Å²) in [5, 5.41) is 51.0. The predicted molar refractivity (Wildman–Crippen MR) is 88.7 cm³/mol. The summed E-state index contributed by atoms with van der Waals surface area (Å²) in [5.74, 6) is -15.4. The number of rotatable bonds is 14. The summed E-state index contributed by atoms with van der Waals surface area (Å²) in [7, 11) is -6.16. The molecule has 0 rings (SSSR count). The molecule has 17 heteroatoms. The van der Waals surface area contributed by atoms with Crippen LogP contribution in [-0.4, -0.2) is 105 Å². The zero-order chi connectivity index (χ0) is 24.0. The van der Waals surface area contributed by atoms with Crippen molar-refractivity contribution in [2.45, 2.75) is 24.0 Å². The molecule has 16 nitrogen and oxygen atoms in total. The van der Waals surface area contributed by atoms with Crippen molar-refractivity contribution in [3.8, 4) is 0 Å². The van der Waals surface area contributed by atoms with Gasteiger partial charge in [-0.05, 0) is 0 Å². The van der Waals surface area contributed by atoms with Crippen LogP contribution in [0.5, 0.6) is 0 Å². The second-order valence-corrected chi connectivity index (χ2v) is 7.91. The first-order chi connectivity index (χ1) is 13.5. The molecule has 0 aliphatic rings. The number of hydrogen-bond donors (Lipinski definition) is 8. The van der Waals surface area contributed by atoms with Crippen LogP contribution in [0.1, 0.15) is 12.8 Å². The average Bonchev–Trinajstić information content (AvgIpc) is 2.47. The third kappa shape index (κ3) is 6.48. The van der Waals surface area contributed by atoms with E-state index in [1.165, 1.54) is 0 Å².